The van der Waals surface area contributed by atoms with Gasteiger partial charge in [-0.15, -0.1) is 0 Å². The summed E-state index contributed by atoms with van der Waals surface area (Å²) in [5.74, 6) is -0.917. The number of phenols is 1. The number of hydrogen-bond donors (Lipinski definition) is 2. The van der Waals surface area contributed by atoms with E-state index in [0.717, 1.165) is 51.0 Å². The van der Waals surface area contributed by atoms with Crippen molar-refractivity contribution in [3.05, 3.63) is 32.9 Å². The Bertz CT molecular complexity index is 607. The third kappa shape index (κ3) is 3.63. The Morgan fingerprint density at radius 2 is 2.04 bits per heavy atom. The number of nitrogens with zero attached hydrogens (tertiary/aromatic N) is 1. The smallest absolute Gasteiger partial charge is 0.273 e. The Kier molecular flexibility index (Phi) is 5.58. The van der Waals surface area contributed by atoms with Crippen molar-refractivity contribution in [2.24, 2.45) is 5.73 Å². The van der Waals surface area contributed by atoms with Gasteiger partial charge in [0.15, 0.2) is 0 Å². The maximum absolute atomic E-state index is 11.6. The molecule has 1 fully saturated rings. The van der Waals surface area contributed by atoms with E-state index in [0.29, 0.717) is 17.5 Å². The van der Waals surface area contributed by atoms with Crippen LogP contribution in [0.25, 0.3) is 0 Å². The fourth-order valence-corrected chi connectivity index (χ4v) is 3.52. The average Bonchev–Trinajstić information content (AvgIpc) is 2.52. The van der Waals surface area contributed by atoms with Crippen molar-refractivity contribution in [2.45, 2.75) is 64.2 Å². The number of nitro groups is 1. The molecule has 0 unspecified atom stereocenters. The van der Waals surface area contributed by atoms with Crippen LogP contribution in [0.2, 0.25) is 0 Å². The molecule has 3 N–H and O–H groups in total. The monoisotopic (exact) mass is 320 g/mol. The lowest BCUT2D eigenvalue weighted by Crippen LogP contribution is -2.16. The Labute approximate surface area is 135 Å². The molecule has 126 valence electrons. The number of hydrogen-bond acceptors (Lipinski definition) is 4. The molecule has 1 saturated carbocycles. The molecule has 1 aliphatic rings. The normalized spacial score (nSPS) is 15.5. The zero-order valence-electron chi connectivity index (χ0n) is 13.5. The number of nitrogens with two attached hydrogens (primary N) is 1. The largest absolute Gasteiger partial charge is 0.507 e. The van der Waals surface area contributed by atoms with Crippen molar-refractivity contribution in [2.75, 3.05) is 0 Å². The predicted octanol–water partition coefficient (Wildman–Crippen LogP) is 3.79. The standard InChI is InChI=1S/C17H24N2O4/c1-2-3-9-12-14(19(22)23)10-13(17(18)21)16(20)15(12)11-7-5-4-6-8-11/h10-11,20H,2-9H2,1H3,(H2,18,21). The van der Waals surface area contributed by atoms with Gasteiger partial charge in [-0.2, -0.15) is 0 Å². The number of rotatable bonds is 6. The van der Waals surface area contributed by atoms with Gasteiger partial charge in [0.25, 0.3) is 11.6 Å². The van der Waals surface area contributed by atoms with Gasteiger partial charge in [-0.3, -0.25) is 14.9 Å². The Morgan fingerprint density at radius 1 is 1.39 bits per heavy atom. The van der Waals surface area contributed by atoms with Gasteiger partial charge < -0.3 is 10.8 Å². The van der Waals surface area contributed by atoms with Crippen molar-refractivity contribution < 1.29 is 14.8 Å². The highest BCUT2D eigenvalue weighted by molar-refractivity contribution is 5.97. The molecule has 0 saturated heterocycles. The summed E-state index contributed by atoms with van der Waals surface area (Å²) in [6.45, 7) is 2.02. The van der Waals surface area contributed by atoms with Crippen molar-refractivity contribution in [1.82, 2.24) is 0 Å². The Balaban J connectivity index is 2.65. The number of primary amides is 1. The van der Waals surface area contributed by atoms with E-state index >= 15 is 0 Å². The molecule has 23 heavy (non-hydrogen) atoms. The minimum atomic E-state index is -0.829. The molecule has 0 spiro atoms. The Morgan fingerprint density at radius 3 is 2.57 bits per heavy atom. The van der Waals surface area contributed by atoms with Crippen molar-refractivity contribution in [1.29, 1.82) is 0 Å². The lowest BCUT2D eigenvalue weighted by atomic mass is 9.79. The van der Waals surface area contributed by atoms with E-state index in [4.69, 9.17) is 5.73 Å². The van der Waals surface area contributed by atoms with Crippen molar-refractivity contribution >= 4 is 11.6 Å². The molecule has 2 rings (SSSR count). The van der Waals surface area contributed by atoms with Gasteiger partial charge >= 0.3 is 0 Å². The van der Waals surface area contributed by atoms with Gasteiger partial charge in [-0.1, -0.05) is 32.6 Å². The number of benzene rings is 1. The summed E-state index contributed by atoms with van der Waals surface area (Å²) in [5.41, 5.74) is 6.24. The first-order valence-corrected chi connectivity index (χ1v) is 8.30. The summed E-state index contributed by atoms with van der Waals surface area (Å²) in [7, 11) is 0. The van der Waals surface area contributed by atoms with Gasteiger partial charge in [0.2, 0.25) is 0 Å². The molecule has 0 atom stereocenters. The van der Waals surface area contributed by atoms with Crippen LogP contribution in [0.3, 0.4) is 0 Å². The van der Waals surface area contributed by atoms with Crippen LogP contribution in [-0.2, 0) is 6.42 Å². The van der Waals surface area contributed by atoms with Crippen LogP contribution in [0.5, 0.6) is 5.75 Å². The highest BCUT2D eigenvalue weighted by Crippen LogP contribution is 2.44. The van der Waals surface area contributed by atoms with Crippen LogP contribution >= 0.6 is 0 Å². The lowest BCUT2D eigenvalue weighted by molar-refractivity contribution is -0.385. The Hall–Kier alpha value is -2.11. The first-order valence-electron chi connectivity index (χ1n) is 8.30. The first kappa shape index (κ1) is 17.2. The molecule has 1 aliphatic carbocycles. The number of carbonyl (C=O) groups is 1. The molecule has 0 bridgehead atoms. The number of aromatic hydroxyl groups is 1. The molecule has 0 aliphatic heterocycles. The van der Waals surface area contributed by atoms with Crippen LogP contribution in [0.15, 0.2) is 6.07 Å². The highest BCUT2D eigenvalue weighted by atomic mass is 16.6. The molecule has 0 radical (unpaired) electrons. The summed E-state index contributed by atoms with van der Waals surface area (Å²) in [4.78, 5) is 22.6. The van der Waals surface area contributed by atoms with Gasteiger partial charge in [-0.05, 0) is 31.6 Å². The van der Waals surface area contributed by atoms with Crippen LogP contribution < -0.4 is 5.73 Å². The van der Waals surface area contributed by atoms with E-state index < -0.39 is 10.8 Å². The van der Waals surface area contributed by atoms with Crippen molar-refractivity contribution in [3.63, 3.8) is 0 Å². The summed E-state index contributed by atoms with van der Waals surface area (Å²) in [6, 6.07) is 1.13. The number of nitro benzene ring substituents is 1. The maximum atomic E-state index is 11.6. The van der Waals surface area contributed by atoms with E-state index in [9.17, 15) is 20.0 Å². The molecular formula is C17H24N2O4. The number of carbonyl (C=O) groups excluding carboxylic acids is 1. The van der Waals surface area contributed by atoms with Gasteiger partial charge in [0, 0.05) is 17.2 Å². The third-order valence-corrected chi connectivity index (χ3v) is 4.68. The second-order valence-electron chi connectivity index (χ2n) is 6.24. The second-order valence-corrected chi connectivity index (χ2v) is 6.24. The van der Waals surface area contributed by atoms with Crippen LogP contribution in [0.4, 0.5) is 5.69 Å². The van der Waals surface area contributed by atoms with E-state index in [1.807, 2.05) is 6.92 Å². The van der Waals surface area contributed by atoms with Crippen LogP contribution in [-0.4, -0.2) is 15.9 Å². The summed E-state index contributed by atoms with van der Waals surface area (Å²) in [5, 5.41) is 22.1. The third-order valence-electron chi connectivity index (χ3n) is 4.68. The molecule has 0 heterocycles. The molecule has 6 heteroatoms. The predicted molar refractivity (Wildman–Crippen MR) is 87.7 cm³/mol. The fraction of sp³-hybridized carbons (Fsp3) is 0.588. The summed E-state index contributed by atoms with van der Waals surface area (Å²) >= 11 is 0. The molecule has 1 amide bonds. The van der Waals surface area contributed by atoms with Gasteiger partial charge in [-0.25, -0.2) is 0 Å². The quantitative estimate of drug-likeness (QED) is 0.614. The molecule has 1 aromatic rings. The highest BCUT2D eigenvalue weighted by Gasteiger charge is 2.30. The zero-order valence-corrected chi connectivity index (χ0v) is 13.5. The molecule has 0 aromatic heterocycles. The van der Waals surface area contributed by atoms with Gasteiger partial charge in [0.1, 0.15) is 5.75 Å². The van der Waals surface area contributed by atoms with Crippen molar-refractivity contribution in [3.8, 4) is 5.75 Å². The zero-order chi connectivity index (χ0) is 17.0. The molecule has 1 aromatic carbocycles. The van der Waals surface area contributed by atoms with Gasteiger partial charge in [0.05, 0.1) is 10.5 Å². The lowest BCUT2D eigenvalue weighted by Gasteiger charge is -2.26. The van der Waals surface area contributed by atoms with E-state index in [1.54, 1.807) is 0 Å². The first-order chi connectivity index (χ1) is 11.0. The maximum Gasteiger partial charge on any atom is 0.273 e. The fourth-order valence-electron chi connectivity index (χ4n) is 3.52. The number of amides is 1. The second kappa shape index (κ2) is 7.44. The summed E-state index contributed by atoms with van der Waals surface area (Å²) in [6.07, 6.45) is 7.20. The topological polar surface area (TPSA) is 106 Å². The van der Waals surface area contributed by atoms with E-state index in [-0.39, 0.29) is 22.9 Å². The van der Waals surface area contributed by atoms with Crippen LogP contribution in [0.1, 0.15) is 79.3 Å². The average molecular weight is 320 g/mol. The minimum absolute atomic E-state index is 0.0635. The van der Waals surface area contributed by atoms with E-state index in [1.165, 1.54) is 0 Å². The van der Waals surface area contributed by atoms with Crippen LogP contribution in [0, 0.1) is 10.1 Å². The number of unbranched alkanes of at least 4 members (excludes halogenated alkanes) is 1. The summed E-state index contributed by atoms with van der Waals surface area (Å²) < 4.78 is 0. The SMILES string of the molecule is CCCCc1c([N+](=O)[O-])cc(C(N)=O)c(O)c1C1CCCCC1. The molecule has 6 nitrogen and oxygen atoms in total. The molecular weight excluding hydrogens is 296 g/mol. The minimum Gasteiger partial charge on any atom is -0.507 e. The van der Waals surface area contributed by atoms with E-state index in [2.05, 4.69) is 0 Å².